The zero-order valence-electron chi connectivity index (χ0n) is 11.8. The van der Waals surface area contributed by atoms with Gasteiger partial charge in [0.05, 0.1) is 11.0 Å². The van der Waals surface area contributed by atoms with Crippen LogP contribution in [0.4, 0.5) is 5.69 Å². The Morgan fingerprint density at radius 1 is 1.14 bits per heavy atom. The number of nitrogen functional groups attached to an aromatic ring is 1. The number of aryl methyl sites for hydroxylation is 2. The quantitative estimate of drug-likeness (QED) is 0.671. The molecule has 0 aliphatic heterocycles. The molecule has 5 heteroatoms. The number of aromatic nitrogens is 2. The van der Waals surface area contributed by atoms with Crippen molar-refractivity contribution in [2.24, 2.45) is 0 Å². The van der Waals surface area contributed by atoms with Crippen LogP contribution in [0.5, 0.6) is 0 Å². The van der Waals surface area contributed by atoms with Crippen LogP contribution in [0.3, 0.4) is 0 Å². The summed E-state index contributed by atoms with van der Waals surface area (Å²) in [7, 11) is 0. The van der Waals surface area contributed by atoms with E-state index in [1.807, 2.05) is 26.0 Å². The molecule has 0 aliphatic carbocycles. The third-order valence-electron chi connectivity index (χ3n) is 3.57. The van der Waals surface area contributed by atoms with Crippen LogP contribution in [-0.4, -0.2) is 15.5 Å². The van der Waals surface area contributed by atoms with Crippen molar-refractivity contribution in [2.45, 2.75) is 13.8 Å². The minimum absolute atomic E-state index is 0.351. The molecular formula is C16H15N3O2. The summed E-state index contributed by atoms with van der Waals surface area (Å²) in [6, 6.07) is 10.5. The number of carbonyl (C=O) groups excluding carboxylic acids is 1. The van der Waals surface area contributed by atoms with Crippen LogP contribution >= 0.6 is 0 Å². The molecule has 0 saturated carbocycles. The molecular weight excluding hydrogens is 266 g/mol. The monoisotopic (exact) mass is 281 g/mol. The van der Waals surface area contributed by atoms with Gasteiger partial charge in [-0.1, -0.05) is 17.7 Å². The molecule has 21 heavy (non-hydrogen) atoms. The Hall–Kier alpha value is -2.82. The summed E-state index contributed by atoms with van der Waals surface area (Å²) in [5, 5.41) is 0. The highest BCUT2D eigenvalue weighted by Crippen LogP contribution is 2.19. The maximum atomic E-state index is 12.6. The molecule has 0 aliphatic rings. The maximum absolute atomic E-state index is 12.6. The fraction of sp³-hybridized carbons (Fsp3) is 0.125. The van der Waals surface area contributed by atoms with Gasteiger partial charge in [0.25, 0.3) is 5.91 Å². The minimum atomic E-state index is -0.458. The summed E-state index contributed by atoms with van der Waals surface area (Å²) in [5.74, 6) is -0.351. The first-order chi connectivity index (χ1) is 9.97. The molecule has 1 heterocycles. The number of anilines is 1. The van der Waals surface area contributed by atoms with Gasteiger partial charge in [0.1, 0.15) is 0 Å². The second-order valence-electron chi connectivity index (χ2n) is 5.16. The van der Waals surface area contributed by atoms with Crippen molar-refractivity contribution < 1.29 is 4.79 Å². The van der Waals surface area contributed by atoms with Crippen molar-refractivity contribution in [2.75, 3.05) is 5.73 Å². The molecule has 0 amide bonds. The summed E-state index contributed by atoms with van der Waals surface area (Å²) in [4.78, 5) is 27.3. The lowest BCUT2D eigenvalue weighted by Gasteiger charge is -2.05. The SMILES string of the molecule is Cc1ccc(C(=O)n2c(=O)[nH]c3cc(N)c(C)cc32)cc1. The molecule has 106 valence electrons. The van der Waals surface area contributed by atoms with Gasteiger partial charge in [-0.05, 0) is 43.7 Å². The van der Waals surface area contributed by atoms with E-state index in [1.54, 1.807) is 24.3 Å². The molecule has 0 fully saturated rings. The molecule has 3 aromatic rings. The van der Waals surface area contributed by atoms with Gasteiger partial charge in [-0.25, -0.2) is 9.36 Å². The smallest absolute Gasteiger partial charge is 0.333 e. The first-order valence-electron chi connectivity index (χ1n) is 6.59. The number of hydrogen-bond donors (Lipinski definition) is 2. The van der Waals surface area contributed by atoms with Gasteiger partial charge in [0.2, 0.25) is 0 Å². The first kappa shape index (κ1) is 13.2. The van der Waals surface area contributed by atoms with Crippen LogP contribution in [0.15, 0.2) is 41.2 Å². The number of carbonyl (C=O) groups is 1. The fourth-order valence-corrected chi connectivity index (χ4v) is 2.30. The number of nitrogens with two attached hydrogens (primary N) is 1. The summed E-state index contributed by atoms with van der Waals surface area (Å²) in [5.41, 5.74) is 9.41. The van der Waals surface area contributed by atoms with E-state index in [9.17, 15) is 9.59 Å². The standard InChI is InChI=1S/C16H15N3O2/c1-9-3-5-11(6-4-9)15(20)19-14-7-10(2)12(17)8-13(14)18-16(19)21/h3-8H,17H2,1-2H3,(H,18,21). The lowest BCUT2D eigenvalue weighted by atomic mass is 10.1. The number of benzene rings is 2. The largest absolute Gasteiger partial charge is 0.398 e. The lowest BCUT2D eigenvalue weighted by Crippen LogP contribution is -2.24. The average molecular weight is 281 g/mol. The zero-order chi connectivity index (χ0) is 15.1. The second-order valence-corrected chi connectivity index (χ2v) is 5.16. The molecule has 0 saturated heterocycles. The molecule has 0 bridgehead atoms. The molecule has 5 nitrogen and oxygen atoms in total. The Labute approximate surface area is 121 Å². The Morgan fingerprint density at radius 3 is 2.48 bits per heavy atom. The highest BCUT2D eigenvalue weighted by Gasteiger charge is 2.16. The van der Waals surface area contributed by atoms with Gasteiger partial charge in [-0.3, -0.25) is 4.79 Å². The van der Waals surface area contributed by atoms with Crippen molar-refractivity contribution in [3.8, 4) is 0 Å². The van der Waals surface area contributed by atoms with Crippen molar-refractivity contribution in [1.29, 1.82) is 0 Å². The Morgan fingerprint density at radius 2 is 1.81 bits per heavy atom. The Balaban J connectivity index is 2.22. The molecule has 3 rings (SSSR count). The Kier molecular flexibility index (Phi) is 2.90. The van der Waals surface area contributed by atoms with Gasteiger partial charge in [0.15, 0.2) is 0 Å². The summed E-state index contributed by atoms with van der Waals surface area (Å²) in [6.07, 6.45) is 0. The van der Waals surface area contributed by atoms with E-state index in [4.69, 9.17) is 5.73 Å². The number of rotatable bonds is 1. The fourth-order valence-electron chi connectivity index (χ4n) is 2.30. The number of fused-ring (bicyclic) bond motifs is 1. The van der Waals surface area contributed by atoms with Gasteiger partial charge in [-0.2, -0.15) is 0 Å². The normalized spacial score (nSPS) is 11.0. The third kappa shape index (κ3) is 2.12. The number of nitrogens with zero attached hydrogens (tertiary/aromatic N) is 1. The highest BCUT2D eigenvalue weighted by atomic mass is 16.2. The van der Waals surface area contributed by atoms with Crippen molar-refractivity contribution in [3.63, 3.8) is 0 Å². The minimum Gasteiger partial charge on any atom is -0.398 e. The molecule has 0 spiro atoms. The van der Waals surface area contributed by atoms with Gasteiger partial charge < -0.3 is 10.7 Å². The van der Waals surface area contributed by atoms with E-state index in [1.165, 1.54) is 0 Å². The molecule has 1 aromatic heterocycles. The van der Waals surface area contributed by atoms with E-state index in [0.29, 0.717) is 22.3 Å². The molecule has 2 aromatic carbocycles. The van der Waals surface area contributed by atoms with Crippen LogP contribution in [0.25, 0.3) is 11.0 Å². The van der Waals surface area contributed by atoms with E-state index < -0.39 is 5.69 Å². The molecule has 0 unspecified atom stereocenters. The number of H-pyrrole nitrogens is 1. The topological polar surface area (TPSA) is 80.9 Å². The summed E-state index contributed by atoms with van der Waals surface area (Å²) in [6.45, 7) is 3.78. The van der Waals surface area contributed by atoms with Crippen molar-refractivity contribution in [1.82, 2.24) is 9.55 Å². The van der Waals surface area contributed by atoms with E-state index in [2.05, 4.69) is 4.98 Å². The molecule has 0 radical (unpaired) electrons. The number of aromatic amines is 1. The summed E-state index contributed by atoms with van der Waals surface area (Å²) >= 11 is 0. The predicted octanol–water partition coefficient (Wildman–Crippen LogP) is 2.22. The van der Waals surface area contributed by atoms with Crippen LogP contribution in [0.1, 0.15) is 21.5 Å². The predicted molar refractivity (Wildman–Crippen MR) is 82.6 cm³/mol. The van der Waals surface area contributed by atoms with E-state index in [0.717, 1.165) is 15.7 Å². The maximum Gasteiger partial charge on any atom is 0.333 e. The van der Waals surface area contributed by atoms with Crippen LogP contribution in [-0.2, 0) is 0 Å². The van der Waals surface area contributed by atoms with Gasteiger partial charge in [-0.15, -0.1) is 0 Å². The van der Waals surface area contributed by atoms with Gasteiger partial charge in [0, 0.05) is 11.3 Å². The number of imidazole rings is 1. The van der Waals surface area contributed by atoms with E-state index in [-0.39, 0.29) is 5.91 Å². The number of hydrogen-bond acceptors (Lipinski definition) is 3. The Bertz CT molecular complexity index is 902. The average Bonchev–Trinajstić information content (AvgIpc) is 2.75. The first-order valence-corrected chi connectivity index (χ1v) is 6.59. The second kappa shape index (κ2) is 4.63. The van der Waals surface area contributed by atoms with Crippen LogP contribution < -0.4 is 11.4 Å². The molecule has 3 N–H and O–H groups in total. The molecule has 0 atom stereocenters. The van der Waals surface area contributed by atoms with Crippen molar-refractivity contribution >= 4 is 22.6 Å². The van der Waals surface area contributed by atoms with Gasteiger partial charge >= 0.3 is 5.69 Å². The highest BCUT2D eigenvalue weighted by molar-refractivity contribution is 6.01. The third-order valence-corrected chi connectivity index (χ3v) is 3.57. The van der Waals surface area contributed by atoms with E-state index >= 15 is 0 Å². The number of nitrogens with one attached hydrogen (secondary N) is 1. The van der Waals surface area contributed by atoms with Crippen LogP contribution in [0, 0.1) is 13.8 Å². The summed E-state index contributed by atoms with van der Waals surface area (Å²) < 4.78 is 1.15. The zero-order valence-corrected chi connectivity index (χ0v) is 11.8. The van der Waals surface area contributed by atoms with Crippen molar-refractivity contribution in [3.05, 3.63) is 63.6 Å². The lowest BCUT2D eigenvalue weighted by molar-refractivity contribution is 0.0961. The van der Waals surface area contributed by atoms with Crippen LogP contribution in [0.2, 0.25) is 0 Å².